The Morgan fingerprint density at radius 1 is 1.44 bits per heavy atom. The van der Waals surface area contributed by atoms with E-state index in [-0.39, 0.29) is 12.5 Å². The smallest absolute Gasteiger partial charge is 0.119 e. The molecule has 1 N–H and O–H groups in total. The lowest BCUT2D eigenvalue weighted by Gasteiger charge is -2.16. The van der Waals surface area contributed by atoms with Crippen LogP contribution in [0.1, 0.15) is 12.5 Å². The molecule has 0 saturated heterocycles. The fraction of sp³-hybridized carbons (Fsp3) is 0.467. The molecule has 0 aliphatic heterocycles. The Morgan fingerprint density at radius 2 is 2.17 bits per heavy atom. The molecule has 1 rings (SSSR count). The number of nitrogens with zero attached hydrogens (tertiary/aromatic N) is 1. The highest BCUT2D eigenvalue weighted by Gasteiger charge is 2.10. The summed E-state index contributed by atoms with van der Waals surface area (Å²) in [6, 6.07) is 7.96. The number of aliphatic hydroxyl groups excluding tert-OH is 1. The molecule has 3 heteroatoms. The second kappa shape index (κ2) is 7.19. The molecule has 0 fully saturated rings. The molecular weight excluding hydrogens is 226 g/mol. The zero-order valence-corrected chi connectivity index (χ0v) is 11.7. The summed E-state index contributed by atoms with van der Waals surface area (Å²) in [5.74, 6) is 0.963. The Bertz CT molecular complexity index is 399. The number of ether oxygens (including phenoxy) is 1. The topological polar surface area (TPSA) is 32.7 Å². The van der Waals surface area contributed by atoms with Gasteiger partial charge in [0, 0.05) is 19.1 Å². The van der Waals surface area contributed by atoms with Crippen molar-refractivity contribution in [2.45, 2.75) is 6.92 Å². The molecule has 0 radical (unpaired) electrons. The standard InChI is InChI=1S/C15H23NO2/c1-12(11-17)15(8-9-16(2)3)13-6-5-7-14(10-13)18-4/h5-8,10,12,17H,9,11H2,1-4H3. The highest BCUT2D eigenvalue weighted by atomic mass is 16.5. The Balaban J connectivity index is 3.04. The number of methoxy groups -OCH3 is 1. The lowest BCUT2D eigenvalue weighted by Crippen LogP contribution is -2.13. The van der Waals surface area contributed by atoms with Gasteiger partial charge < -0.3 is 14.7 Å². The van der Waals surface area contributed by atoms with Crippen LogP contribution in [-0.2, 0) is 0 Å². The summed E-state index contributed by atoms with van der Waals surface area (Å²) in [6.07, 6.45) is 2.16. The summed E-state index contributed by atoms with van der Waals surface area (Å²) < 4.78 is 5.24. The molecule has 0 spiro atoms. The fourth-order valence-electron chi connectivity index (χ4n) is 1.79. The van der Waals surface area contributed by atoms with Crippen LogP contribution < -0.4 is 4.74 Å². The van der Waals surface area contributed by atoms with Gasteiger partial charge in [-0.1, -0.05) is 25.1 Å². The largest absolute Gasteiger partial charge is 0.497 e. The summed E-state index contributed by atoms with van der Waals surface area (Å²) in [6.45, 7) is 3.04. The number of hydrogen-bond donors (Lipinski definition) is 1. The van der Waals surface area contributed by atoms with E-state index >= 15 is 0 Å². The number of benzene rings is 1. The Morgan fingerprint density at radius 3 is 2.72 bits per heavy atom. The molecule has 1 unspecified atom stereocenters. The predicted molar refractivity (Wildman–Crippen MR) is 75.8 cm³/mol. The van der Waals surface area contributed by atoms with Crippen molar-refractivity contribution in [3.63, 3.8) is 0 Å². The summed E-state index contributed by atoms with van der Waals surface area (Å²) in [7, 11) is 5.73. The van der Waals surface area contributed by atoms with Gasteiger partial charge in [-0.2, -0.15) is 0 Å². The van der Waals surface area contributed by atoms with Crippen LogP contribution in [0.3, 0.4) is 0 Å². The summed E-state index contributed by atoms with van der Waals surface area (Å²) in [5, 5.41) is 9.37. The second-order valence-corrected chi connectivity index (χ2v) is 4.74. The number of hydrogen-bond acceptors (Lipinski definition) is 3. The van der Waals surface area contributed by atoms with Crippen LogP contribution in [0.5, 0.6) is 5.75 Å². The van der Waals surface area contributed by atoms with Crippen molar-refractivity contribution < 1.29 is 9.84 Å². The van der Waals surface area contributed by atoms with Crippen LogP contribution in [0.25, 0.3) is 5.57 Å². The molecule has 1 aromatic carbocycles. The van der Waals surface area contributed by atoms with E-state index in [1.165, 1.54) is 0 Å². The molecule has 0 bridgehead atoms. The van der Waals surface area contributed by atoms with Crippen molar-refractivity contribution in [3.05, 3.63) is 35.9 Å². The Kier molecular flexibility index (Phi) is 5.89. The van der Waals surface area contributed by atoms with Crippen molar-refractivity contribution in [2.24, 2.45) is 5.92 Å². The van der Waals surface area contributed by atoms with Gasteiger partial charge in [0.05, 0.1) is 7.11 Å². The van der Waals surface area contributed by atoms with Crippen LogP contribution in [0.15, 0.2) is 30.3 Å². The molecule has 1 aromatic rings. The zero-order chi connectivity index (χ0) is 13.5. The molecule has 18 heavy (non-hydrogen) atoms. The molecule has 100 valence electrons. The van der Waals surface area contributed by atoms with E-state index in [4.69, 9.17) is 4.74 Å². The number of rotatable bonds is 6. The monoisotopic (exact) mass is 249 g/mol. The van der Waals surface area contributed by atoms with Gasteiger partial charge in [0.15, 0.2) is 0 Å². The number of aliphatic hydroxyl groups is 1. The van der Waals surface area contributed by atoms with Crippen LogP contribution in [0.2, 0.25) is 0 Å². The van der Waals surface area contributed by atoms with Gasteiger partial charge in [-0.3, -0.25) is 0 Å². The van der Waals surface area contributed by atoms with Gasteiger partial charge in [-0.05, 0) is 37.4 Å². The minimum absolute atomic E-state index is 0.122. The van der Waals surface area contributed by atoms with Gasteiger partial charge in [0.25, 0.3) is 0 Å². The fourth-order valence-corrected chi connectivity index (χ4v) is 1.79. The molecule has 0 heterocycles. The van der Waals surface area contributed by atoms with Crippen LogP contribution >= 0.6 is 0 Å². The van der Waals surface area contributed by atoms with Crippen molar-refractivity contribution >= 4 is 5.57 Å². The minimum Gasteiger partial charge on any atom is -0.497 e. The first-order valence-corrected chi connectivity index (χ1v) is 6.18. The maximum absolute atomic E-state index is 9.37. The summed E-state index contributed by atoms with van der Waals surface area (Å²) >= 11 is 0. The van der Waals surface area contributed by atoms with Crippen molar-refractivity contribution in [2.75, 3.05) is 34.4 Å². The van der Waals surface area contributed by atoms with Crippen molar-refractivity contribution in [3.8, 4) is 5.75 Å². The van der Waals surface area contributed by atoms with E-state index < -0.39 is 0 Å². The summed E-state index contributed by atoms with van der Waals surface area (Å²) in [4.78, 5) is 2.10. The third kappa shape index (κ3) is 4.17. The molecule has 0 aromatic heterocycles. The van der Waals surface area contributed by atoms with E-state index in [1.807, 2.05) is 39.2 Å². The van der Waals surface area contributed by atoms with Crippen LogP contribution in [0.4, 0.5) is 0 Å². The predicted octanol–water partition coefficient (Wildman–Crippen LogP) is 2.27. The normalized spacial score (nSPS) is 13.8. The maximum Gasteiger partial charge on any atom is 0.119 e. The summed E-state index contributed by atoms with van der Waals surface area (Å²) in [5.41, 5.74) is 2.27. The molecule has 1 atom stereocenters. The van der Waals surface area contributed by atoms with Gasteiger partial charge in [0.2, 0.25) is 0 Å². The van der Waals surface area contributed by atoms with Crippen LogP contribution in [0, 0.1) is 5.92 Å². The van der Waals surface area contributed by atoms with E-state index in [0.29, 0.717) is 0 Å². The molecule has 0 amide bonds. The van der Waals surface area contributed by atoms with Gasteiger partial charge >= 0.3 is 0 Å². The lowest BCUT2D eigenvalue weighted by atomic mass is 9.94. The number of likely N-dealkylation sites (N-methyl/N-ethyl adjacent to an activating group) is 1. The zero-order valence-electron chi connectivity index (χ0n) is 11.7. The Labute approximate surface area is 110 Å². The first-order valence-electron chi connectivity index (χ1n) is 6.18. The molecule has 0 aliphatic rings. The average Bonchev–Trinajstić information content (AvgIpc) is 2.38. The lowest BCUT2D eigenvalue weighted by molar-refractivity contribution is 0.266. The van der Waals surface area contributed by atoms with Gasteiger partial charge in [-0.15, -0.1) is 0 Å². The van der Waals surface area contributed by atoms with Gasteiger partial charge in [0.1, 0.15) is 5.75 Å². The van der Waals surface area contributed by atoms with E-state index in [1.54, 1.807) is 7.11 Å². The highest BCUT2D eigenvalue weighted by molar-refractivity contribution is 5.68. The van der Waals surface area contributed by atoms with E-state index in [9.17, 15) is 5.11 Å². The average molecular weight is 249 g/mol. The van der Waals surface area contributed by atoms with Gasteiger partial charge in [-0.25, -0.2) is 0 Å². The molecule has 3 nitrogen and oxygen atoms in total. The minimum atomic E-state index is 0.122. The van der Waals surface area contributed by atoms with Crippen molar-refractivity contribution in [1.29, 1.82) is 0 Å². The van der Waals surface area contributed by atoms with E-state index in [2.05, 4.69) is 17.0 Å². The third-order valence-electron chi connectivity index (χ3n) is 2.88. The van der Waals surface area contributed by atoms with Crippen LogP contribution in [-0.4, -0.2) is 44.4 Å². The maximum atomic E-state index is 9.37. The SMILES string of the molecule is COc1cccc(C(=CCN(C)C)C(C)CO)c1. The Hall–Kier alpha value is -1.32. The quantitative estimate of drug-likeness (QED) is 0.839. The molecular formula is C15H23NO2. The highest BCUT2D eigenvalue weighted by Crippen LogP contribution is 2.26. The third-order valence-corrected chi connectivity index (χ3v) is 2.88. The second-order valence-electron chi connectivity index (χ2n) is 4.74. The first kappa shape index (κ1) is 14.7. The molecule has 0 aliphatic carbocycles. The van der Waals surface area contributed by atoms with E-state index in [0.717, 1.165) is 23.4 Å². The van der Waals surface area contributed by atoms with Crippen molar-refractivity contribution in [1.82, 2.24) is 4.90 Å². The first-order chi connectivity index (χ1) is 8.58. The molecule has 0 saturated carbocycles.